The van der Waals surface area contributed by atoms with Gasteiger partial charge in [0, 0.05) is 35.2 Å². The van der Waals surface area contributed by atoms with E-state index in [0.717, 1.165) is 11.1 Å². The second-order valence-electron chi connectivity index (χ2n) is 6.49. The van der Waals surface area contributed by atoms with E-state index in [9.17, 15) is 13.6 Å². The highest BCUT2D eigenvalue weighted by Gasteiger charge is 2.36. The molecule has 1 unspecified atom stereocenters. The van der Waals surface area contributed by atoms with Gasteiger partial charge in [-0.3, -0.25) is 4.79 Å². The molecule has 1 saturated carbocycles. The summed E-state index contributed by atoms with van der Waals surface area (Å²) >= 11 is 3.54. The lowest BCUT2D eigenvalue weighted by Gasteiger charge is -2.27. The quantitative estimate of drug-likeness (QED) is 0.607. The second kappa shape index (κ2) is 6.00. The van der Waals surface area contributed by atoms with Crippen molar-refractivity contribution in [3.05, 3.63) is 45.3 Å². The molecular formula is C18H19BrF2O2. The number of hydrogen-bond donors (Lipinski definition) is 0. The monoisotopic (exact) mass is 384 g/mol. The molecule has 124 valence electrons. The summed E-state index contributed by atoms with van der Waals surface area (Å²) in [6.07, 6.45) is 0.420. The molecule has 0 aliphatic heterocycles. The Morgan fingerprint density at radius 1 is 1.26 bits per heavy atom. The first kappa shape index (κ1) is 16.6. The fourth-order valence-corrected chi connectivity index (χ4v) is 3.61. The Hall–Kier alpha value is -1.23. The third kappa shape index (κ3) is 3.35. The Labute approximate surface area is 142 Å². The van der Waals surface area contributed by atoms with E-state index in [1.54, 1.807) is 0 Å². The summed E-state index contributed by atoms with van der Waals surface area (Å²) in [4.78, 5) is 12.5. The van der Waals surface area contributed by atoms with E-state index in [4.69, 9.17) is 4.42 Å². The minimum atomic E-state index is -2.58. The molecule has 1 aromatic carbocycles. The topological polar surface area (TPSA) is 30.2 Å². The van der Waals surface area contributed by atoms with Crippen LogP contribution < -0.4 is 5.43 Å². The highest BCUT2D eigenvalue weighted by molar-refractivity contribution is 9.09. The maximum Gasteiger partial charge on any atom is 0.248 e. The van der Waals surface area contributed by atoms with Crippen LogP contribution in [0.4, 0.5) is 8.78 Å². The van der Waals surface area contributed by atoms with Gasteiger partial charge >= 0.3 is 0 Å². The van der Waals surface area contributed by atoms with Gasteiger partial charge in [0.25, 0.3) is 0 Å². The summed E-state index contributed by atoms with van der Waals surface area (Å²) in [5.74, 6) is -2.15. The molecular weight excluding hydrogens is 366 g/mol. The van der Waals surface area contributed by atoms with Crippen molar-refractivity contribution in [3.63, 3.8) is 0 Å². The Bertz CT molecular complexity index is 785. The van der Waals surface area contributed by atoms with E-state index in [1.165, 1.54) is 6.07 Å². The van der Waals surface area contributed by atoms with Crippen LogP contribution in [0.2, 0.25) is 0 Å². The van der Waals surface area contributed by atoms with E-state index < -0.39 is 5.92 Å². The summed E-state index contributed by atoms with van der Waals surface area (Å²) in [5.41, 5.74) is 2.38. The number of rotatable bonds is 2. The first-order valence-corrected chi connectivity index (χ1v) is 8.78. The van der Waals surface area contributed by atoms with Crippen LogP contribution in [0.3, 0.4) is 0 Å². The minimum absolute atomic E-state index is 0.0407. The molecule has 0 saturated heterocycles. The Morgan fingerprint density at radius 3 is 2.52 bits per heavy atom. The predicted octanol–water partition coefficient (Wildman–Crippen LogP) is 5.85. The zero-order valence-corrected chi connectivity index (χ0v) is 14.8. The van der Waals surface area contributed by atoms with Crippen molar-refractivity contribution < 1.29 is 13.2 Å². The molecule has 2 nitrogen and oxygen atoms in total. The SMILES string of the molecule is Cc1cc(C(C)Br)c2oc(C3CCC(F)(F)CC3)cc(=O)c2c1. The van der Waals surface area contributed by atoms with Crippen LogP contribution in [0.15, 0.2) is 27.4 Å². The average Bonchev–Trinajstić information content (AvgIpc) is 2.47. The van der Waals surface area contributed by atoms with Crippen molar-refractivity contribution in [2.45, 2.75) is 56.2 Å². The van der Waals surface area contributed by atoms with E-state index in [2.05, 4.69) is 15.9 Å². The lowest BCUT2D eigenvalue weighted by molar-refractivity contribution is -0.0395. The van der Waals surface area contributed by atoms with Crippen molar-refractivity contribution in [2.24, 2.45) is 0 Å². The molecule has 5 heteroatoms. The smallest absolute Gasteiger partial charge is 0.248 e. The van der Waals surface area contributed by atoms with E-state index in [0.29, 0.717) is 29.6 Å². The molecule has 1 aromatic heterocycles. The maximum atomic E-state index is 13.3. The van der Waals surface area contributed by atoms with Crippen LogP contribution in [0, 0.1) is 6.92 Å². The molecule has 3 rings (SSSR count). The van der Waals surface area contributed by atoms with Crippen molar-refractivity contribution in [2.75, 3.05) is 0 Å². The number of halogens is 3. The summed E-state index contributed by atoms with van der Waals surface area (Å²) in [5, 5.41) is 0.552. The Kier molecular flexibility index (Phi) is 4.34. The van der Waals surface area contributed by atoms with Crippen molar-refractivity contribution in [1.29, 1.82) is 0 Å². The van der Waals surface area contributed by atoms with Gasteiger partial charge in [0.15, 0.2) is 5.43 Å². The lowest BCUT2D eigenvalue weighted by Crippen LogP contribution is -2.24. The largest absolute Gasteiger partial charge is 0.460 e. The van der Waals surface area contributed by atoms with Crippen molar-refractivity contribution >= 4 is 26.9 Å². The van der Waals surface area contributed by atoms with Gasteiger partial charge in [0.2, 0.25) is 5.92 Å². The number of benzene rings is 1. The number of fused-ring (bicyclic) bond motifs is 1. The molecule has 1 atom stereocenters. The molecule has 1 aliphatic carbocycles. The summed E-state index contributed by atoms with van der Waals surface area (Å²) < 4.78 is 32.7. The number of aryl methyl sites for hydroxylation is 1. The van der Waals surface area contributed by atoms with Gasteiger partial charge in [-0.15, -0.1) is 0 Å². The van der Waals surface area contributed by atoms with E-state index in [1.807, 2.05) is 26.0 Å². The van der Waals surface area contributed by atoms with Gasteiger partial charge in [0.1, 0.15) is 11.3 Å². The normalized spacial score (nSPS) is 19.9. The standard InChI is InChI=1S/C18H19BrF2O2/c1-10-7-13(11(2)19)17-14(8-10)15(22)9-16(23-17)12-3-5-18(20,21)6-4-12/h7-9,11-12H,3-6H2,1-2H3. The molecule has 23 heavy (non-hydrogen) atoms. The molecule has 1 heterocycles. The van der Waals surface area contributed by atoms with Gasteiger partial charge in [-0.05, 0) is 38.3 Å². The van der Waals surface area contributed by atoms with Gasteiger partial charge in [0.05, 0.1) is 5.39 Å². The summed E-state index contributed by atoms with van der Waals surface area (Å²) in [6.45, 7) is 3.91. The highest BCUT2D eigenvalue weighted by atomic mass is 79.9. The molecule has 1 fully saturated rings. The van der Waals surface area contributed by atoms with Crippen LogP contribution in [-0.2, 0) is 0 Å². The first-order chi connectivity index (χ1) is 10.8. The van der Waals surface area contributed by atoms with Gasteiger partial charge in [-0.2, -0.15) is 0 Å². The fourth-order valence-electron chi connectivity index (χ4n) is 3.27. The zero-order valence-electron chi connectivity index (χ0n) is 13.2. The van der Waals surface area contributed by atoms with Crippen LogP contribution in [0.5, 0.6) is 0 Å². The minimum Gasteiger partial charge on any atom is -0.460 e. The Morgan fingerprint density at radius 2 is 1.91 bits per heavy atom. The molecule has 0 amide bonds. The first-order valence-electron chi connectivity index (χ1n) is 7.87. The van der Waals surface area contributed by atoms with E-state index >= 15 is 0 Å². The molecule has 0 spiro atoms. The highest BCUT2D eigenvalue weighted by Crippen LogP contribution is 2.41. The van der Waals surface area contributed by atoms with Crippen LogP contribution in [0.1, 0.15) is 60.2 Å². The molecule has 2 aromatic rings. The summed E-state index contributed by atoms with van der Waals surface area (Å²) in [6, 6.07) is 5.29. The lowest BCUT2D eigenvalue weighted by atomic mass is 9.85. The molecule has 0 radical (unpaired) electrons. The van der Waals surface area contributed by atoms with Crippen LogP contribution in [0.25, 0.3) is 11.0 Å². The predicted molar refractivity (Wildman–Crippen MR) is 90.7 cm³/mol. The van der Waals surface area contributed by atoms with Gasteiger partial charge in [-0.25, -0.2) is 8.78 Å². The van der Waals surface area contributed by atoms with E-state index in [-0.39, 0.29) is 29.0 Å². The maximum absolute atomic E-state index is 13.3. The molecule has 0 N–H and O–H groups in total. The third-order valence-corrected chi connectivity index (χ3v) is 5.06. The van der Waals surface area contributed by atoms with Crippen LogP contribution in [-0.4, -0.2) is 5.92 Å². The Balaban J connectivity index is 2.09. The van der Waals surface area contributed by atoms with Gasteiger partial charge < -0.3 is 4.42 Å². The summed E-state index contributed by atoms with van der Waals surface area (Å²) in [7, 11) is 0. The van der Waals surface area contributed by atoms with Gasteiger partial charge in [-0.1, -0.05) is 22.0 Å². The fraction of sp³-hybridized carbons (Fsp3) is 0.500. The number of hydrogen-bond acceptors (Lipinski definition) is 2. The molecule has 1 aliphatic rings. The second-order valence-corrected chi connectivity index (χ2v) is 7.86. The van der Waals surface area contributed by atoms with Crippen molar-refractivity contribution in [1.82, 2.24) is 0 Å². The molecule has 0 bridgehead atoms. The number of alkyl halides is 3. The average molecular weight is 385 g/mol. The van der Waals surface area contributed by atoms with Crippen molar-refractivity contribution in [3.8, 4) is 0 Å². The third-order valence-electron chi connectivity index (χ3n) is 4.57. The van der Waals surface area contributed by atoms with Crippen LogP contribution >= 0.6 is 15.9 Å². The zero-order chi connectivity index (χ0) is 16.8.